The second-order valence-electron chi connectivity index (χ2n) is 5.11. The van der Waals surface area contributed by atoms with Crippen LogP contribution in [0.5, 0.6) is 0 Å². The Hall–Kier alpha value is -0.640. The maximum Gasteiger partial charge on any atom is 0.147 e. The summed E-state index contributed by atoms with van der Waals surface area (Å²) < 4.78 is 0.809. The third kappa shape index (κ3) is 1.83. The monoisotopic (exact) mass is 281 g/mol. The summed E-state index contributed by atoms with van der Waals surface area (Å²) in [5.41, 5.74) is 0.618. The molecule has 2 heterocycles. The van der Waals surface area contributed by atoms with Gasteiger partial charge in [0, 0.05) is 18.5 Å². The molecule has 1 spiro atoms. The Morgan fingerprint density at radius 2 is 1.81 bits per heavy atom. The highest BCUT2D eigenvalue weighted by Gasteiger charge is 2.43. The second kappa shape index (κ2) is 3.99. The predicted octanol–water partition coefficient (Wildman–Crippen LogP) is 3.01. The summed E-state index contributed by atoms with van der Waals surface area (Å²) in [5.74, 6) is 1.03. The number of nitrogens with zero attached hydrogens (tertiary/aromatic N) is 3. The van der Waals surface area contributed by atoms with E-state index in [2.05, 4.69) is 30.8 Å². The minimum Gasteiger partial charge on any atom is -0.354 e. The molecule has 0 aromatic carbocycles. The molecule has 1 aliphatic heterocycles. The Kier molecular flexibility index (Phi) is 2.62. The number of anilines is 1. The first kappa shape index (κ1) is 10.5. The molecule has 4 heteroatoms. The minimum absolute atomic E-state index is 0.618. The fourth-order valence-electron chi connectivity index (χ4n) is 3.01. The quantitative estimate of drug-likeness (QED) is 0.793. The lowest BCUT2D eigenvalue weighted by atomic mass is 9.69. The van der Waals surface area contributed by atoms with Crippen molar-refractivity contribution in [2.45, 2.75) is 32.1 Å². The normalized spacial score (nSPS) is 23.2. The molecule has 3 nitrogen and oxygen atoms in total. The largest absolute Gasteiger partial charge is 0.354 e. The standard InChI is InChI=1S/C12H16BrN3/c13-10-6-15-11(7-14-10)16-8-12(9-16)4-2-1-3-5-12/h6-7H,1-5,8-9H2. The zero-order valence-electron chi connectivity index (χ0n) is 9.32. The molecule has 0 N–H and O–H groups in total. The van der Waals surface area contributed by atoms with E-state index in [-0.39, 0.29) is 0 Å². The Labute approximate surface area is 104 Å². The minimum atomic E-state index is 0.618. The number of hydrogen-bond donors (Lipinski definition) is 0. The summed E-state index contributed by atoms with van der Waals surface area (Å²) in [6, 6.07) is 0. The average Bonchev–Trinajstić information content (AvgIpc) is 2.28. The number of aromatic nitrogens is 2. The van der Waals surface area contributed by atoms with Gasteiger partial charge in [-0.3, -0.25) is 0 Å². The molecule has 16 heavy (non-hydrogen) atoms. The number of halogens is 1. The van der Waals surface area contributed by atoms with Crippen LogP contribution in [0.4, 0.5) is 5.82 Å². The van der Waals surface area contributed by atoms with Crippen molar-refractivity contribution in [1.29, 1.82) is 0 Å². The third-order valence-corrected chi connectivity index (χ3v) is 4.31. The molecular formula is C12H16BrN3. The van der Waals surface area contributed by atoms with Gasteiger partial charge in [0.1, 0.15) is 10.4 Å². The van der Waals surface area contributed by atoms with Crippen LogP contribution in [0.1, 0.15) is 32.1 Å². The number of hydrogen-bond acceptors (Lipinski definition) is 3. The van der Waals surface area contributed by atoms with E-state index in [1.54, 1.807) is 6.20 Å². The van der Waals surface area contributed by atoms with Gasteiger partial charge in [-0.2, -0.15) is 0 Å². The van der Waals surface area contributed by atoms with Crippen LogP contribution in [0, 0.1) is 5.41 Å². The van der Waals surface area contributed by atoms with E-state index >= 15 is 0 Å². The molecule has 0 bridgehead atoms. The lowest BCUT2D eigenvalue weighted by Crippen LogP contribution is -2.57. The van der Waals surface area contributed by atoms with E-state index < -0.39 is 0 Å². The van der Waals surface area contributed by atoms with Crippen molar-refractivity contribution in [3.8, 4) is 0 Å². The molecule has 1 aromatic heterocycles. The molecule has 0 atom stereocenters. The van der Waals surface area contributed by atoms with Crippen LogP contribution < -0.4 is 4.90 Å². The van der Waals surface area contributed by atoms with Crippen molar-refractivity contribution < 1.29 is 0 Å². The van der Waals surface area contributed by atoms with Gasteiger partial charge in [-0.1, -0.05) is 19.3 Å². The van der Waals surface area contributed by atoms with E-state index in [0.717, 1.165) is 10.4 Å². The van der Waals surface area contributed by atoms with Gasteiger partial charge in [0.2, 0.25) is 0 Å². The fraction of sp³-hybridized carbons (Fsp3) is 0.667. The molecule has 1 saturated heterocycles. The lowest BCUT2D eigenvalue weighted by molar-refractivity contribution is 0.138. The first-order valence-corrected chi connectivity index (χ1v) is 6.79. The first-order valence-electron chi connectivity index (χ1n) is 6.00. The van der Waals surface area contributed by atoms with Gasteiger partial charge in [-0.25, -0.2) is 9.97 Å². The van der Waals surface area contributed by atoms with E-state index in [9.17, 15) is 0 Å². The van der Waals surface area contributed by atoms with Crippen LogP contribution in [0.2, 0.25) is 0 Å². The molecule has 86 valence electrons. The number of rotatable bonds is 1. The highest BCUT2D eigenvalue weighted by molar-refractivity contribution is 9.10. The van der Waals surface area contributed by atoms with Gasteiger partial charge in [0.25, 0.3) is 0 Å². The average molecular weight is 282 g/mol. The summed E-state index contributed by atoms with van der Waals surface area (Å²) in [4.78, 5) is 11.0. The summed E-state index contributed by atoms with van der Waals surface area (Å²) >= 11 is 3.31. The third-order valence-electron chi connectivity index (χ3n) is 3.90. The van der Waals surface area contributed by atoms with Crippen molar-refractivity contribution in [3.63, 3.8) is 0 Å². The van der Waals surface area contributed by atoms with E-state index in [1.165, 1.54) is 45.2 Å². The second-order valence-corrected chi connectivity index (χ2v) is 5.93. The van der Waals surface area contributed by atoms with Gasteiger partial charge in [-0.05, 0) is 28.8 Å². The van der Waals surface area contributed by atoms with Gasteiger partial charge >= 0.3 is 0 Å². The predicted molar refractivity (Wildman–Crippen MR) is 67.5 cm³/mol. The Morgan fingerprint density at radius 3 is 2.44 bits per heavy atom. The van der Waals surface area contributed by atoms with Crippen molar-refractivity contribution in [1.82, 2.24) is 9.97 Å². The van der Waals surface area contributed by atoms with Gasteiger partial charge in [0.15, 0.2) is 0 Å². The van der Waals surface area contributed by atoms with E-state index in [4.69, 9.17) is 0 Å². The topological polar surface area (TPSA) is 29.0 Å². The highest BCUT2D eigenvalue weighted by atomic mass is 79.9. The molecule has 0 unspecified atom stereocenters. The maximum atomic E-state index is 4.39. The molecule has 2 fully saturated rings. The van der Waals surface area contributed by atoms with Gasteiger partial charge in [-0.15, -0.1) is 0 Å². The van der Waals surface area contributed by atoms with E-state index in [0.29, 0.717) is 5.41 Å². The van der Waals surface area contributed by atoms with Crippen LogP contribution in [0.25, 0.3) is 0 Å². The SMILES string of the molecule is Brc1cnc(N2CC3(CCCCC3)C2)cn1. The molecule has 0 radical (unpaired) electrons. The van der Waals surface area contributed by atoms with Crippen molar-refractivity contribution in [2.24, 2.45) is 5.41 Å². The zero-order chi connectivity index (χ0) is 11.0. The Morgan fingerprint density at radius 1 is 1.06 bits per heavy atom. The highest BCUT2D eigenvalue weighted by Crippen LogP contribution is 2.44. The van der Waals surface area contributed by atoms with Crippen molar-refractivity contribution in [3.05, 3.63) is 17.0 Å². The Balaban J connectivity index is 1.66. The molecule has 0 amide bonds. The molecule has 1 saturated carbocycles. The van der Waals surface area contributed by atoms with Crippen LogP contribution >= 0.6 is 15.9 Å². The first-order chi connectivity index (χ1) is 7.77. The van der Waals surface area contributed by atoms with Crippen LogP contribution in [-0.2, 0) is 0 Å². The van der Waals surface area contributed by atoms with Crippen molar-refractivity contribution >= 4 is 21.7 Å². The van der Waals surface area contributed by atoms with Gasteiger partial charge in [0.05, 0.1) is 12.4 Å². The molecule has 3 rings (SSSR count). The Bertz CT molecular complexity index is 362. The van der Waals surface area contributed by atoms with Crippen molar-refractivity contribution in [2.75, 3.05) is 18.0 Å². The van der Waals surface area contributed by atoms with Gasteiger partial charge < -0.3 is 4.90 Å². The lowest BCUT2D eigenvalue weighted by Gasteiger charge is -2.52. The zero-order valence-corrected chi connectivity index (χ0v) is 10.9. The molecule has 1 aromatic rings. The summed E-state index contributed by atoms with van der Waals surface area (Å²) in [5, 5.41) is 0. The molecule has 1 aliphatic carbocycles. The van der Waals surface area contributed by atoms with E-state index in [1.807, 2.05) is 6.20 Å². The molecule has 2 aliphatic rings. The fourth-order valence-corrected chi connectivity index (χ4v) is 3.22. The summed E-state index contributed by atoms with van der Waals surface area (Å²) in [7, 11) is 0. The smallest absolute Gasteiger partial charge is 0.147 e. The molecular weight excluding hydrogens is 266 g/mol. The summed E-state index contributed by atoms with van der Waals surface area (Å²) in [6.07, 6.45) is 10.7. The van der Waals surface area contributed by atoms with Crippen LogP contribution in [0.15, 0.2) is 17.0 Å². The summed E-state index contributed by atoms with van der Waals surface area (Å²) in [6.45, 7) is 2.37. The van der Waals surface area contributed by atoms with Crippen LogP contribution in [-0.4, -0.2) is 23.1 Å². The maximum absolute atomic E-state index is 4.39. The van der Waals surface area contributed by atoms with Crippen LogP contribution in [0.3, 0.4) is 0 Å².